The topological polar surface area (TPSA) is 71.0 Å². The molecule has 7 heteroatoms. The second-order valence-corrected chi connectivity index (χ2v) is 6.12. The SMILES string of the molecule is CC(=O)N(C)c1cc(Cl)cc2c(=O)n(Cc3nc[nH]c3C)ccc12. The van der Waals surface area contributed by atoms with Crippen LogP contribution in [-0.2, 0) is 11.3 Å². The van der Waals surface area contributed by atoms with Crippen molar-refractivity contribution in [3.8, 4) is 0 Å². The van der Waals surface area contributed by atoms with E-state index in [4.69, 9.17) is 11.6 Å². The Bertz CT molecular complexity index is 990. The van der Waals surface area contributed by atoms with Crippen LogP contribution < -0.4 is 10.5 Å². The molecule has 3 rings (SSSR count). The Morgan fingerprint density at radius 1 is 1.38 bits per heavy atom. The minimum atomic E-state index is -0.171. The quantitative estimate of drug-likeness (QED) is 0.794. The summed E-state index contributed by atoms with van der Waals surface area (Å²) in [6.45, 7) is 3.74. The van der Waals surface area contributed by atoms with Crippen LogP contribution in [-0.4, -0.2) is 27.5 Å². The number of anilines is 1. The maximum Gasteiger partial charge on any atom is 0.258 e. The van der Waals surface area contributed by atoms with Crippen LogP contribution in [0.5, 0.6) is 0 Å². The summed E-state index contributed by atoms with van der Waals surface area (Å²) in [5.74, 6) is -0.130. The van der Waals surface area contributed by atoms with Crippen LogP contribution in [0, 0.1) is 6.92 Å². The molecule has 0 saturated heterocycles. The molecule has 0 aliphatic rings. The van der Waals surface area contributed by atoms with Crippen LogP contribution in [0.4, 0.5) is 5.69 Å². The number of hydrogen-bond acceptors (Lipinski definition) is 3. The maximum absolute atomic E-state index is 12.8. The molecule has 6 nitrogen and oxygen atoms in total. The van der Waals surface area contributed by atoms with E-state index in [1.165, 1.54) is 11.8 Å². The highest BCUT2D eigenvalue weighted by molar-refractivity contribution is 6.32. The lowest BCUT2D eigenvalue weighted by Gasteiger charge is -2.18. The lowest BCUT2D eigenvalue weighted by atomic mass is 10.1. The molecule has 0 bridgehead atoms. The Morgan fingerprint density at radius 3 is 2.75 bits per heavy atom. The summed E-state index contributed by atoms with van der Waals surface area (Å²) >= 11 is 6.16. The van der Waals surface area contributed by atoms with Gasteiger partial charge in [-0.15, -0.1) is 0 Å². The first kappa shape index (κ1) is 16.3. The van der Waals surface area contributed by atoms with E-state index in [0.29, 0.717) is 28.0 Å². The number of aromatic nitrogens is 3. The fourth-order valence-electron chi connectivity index (χ4n) is 2.62. The minimum absolute atomic E-state index is 0.130. The molecule has 1 N–H and O–H groups in total. The fourth-order valence-corrected chi connectivity index (χ4v) is 2.83. The number of H-pyrrole nitrogens is 1. The number of carbonyl (C=O) groups is 1. The van der Waals surface area contributed by atoms with Crippen molar-refractivity contribution in [1.29, 1.82) is 0 Å². The average molecular weight is 345 g/mol. The number of nitrogens with zero attached hydrogens (tertiary/aromatic N) is 3. The van der Waals surface area contributed by atoms with Gasteiger partial charge >= 0.3 is 0 Å². The van der Waals surface area contributed by atoms with Gasteiger partial charge < -0.3 is 14.5 Å². The highest BCUT2D eigenvalue weighted by Gasteiger charge is 2.14. The van der Waals surface area contributed by atoms with Crippen molar-refractivity contribution in [2.24, 2.45) is 0 Å². The number of pyridine rings is 1. The Morgan fingerprint density at radius 2 is 2.12 bits per heavy atom. The number of benzene rings is 1. The second-order valence-electron chi connectivity index (χ2n) is 5.69. The van der Waals surface area contributed by atoms with Gasteiger partial charge in [-0.25, -0.2) is 4.98 Å². The van der Waals surface area contributed by atoms with Crippen LogP contribution in [0.2, 0.25) is 5.02 Å². The van der Waals surface area contributed by atoms with Crippen LogP contribution in [0.1, 0.15) is 18.3 Å². The zero-order valence-electron chi connectivity index (χ0n) is 13.6. The van der Waals surface area contributed by atoms with Crippen molar-refractivity contribution in [3.63, 3.8) is 0 Å². The predicted molar refractivity (Wildman–Crippen MR) is 94.7 cm³/mol. The van der Waals surface area contributed by atoms with Crippen LogP contribution in [0.15, 0.2) is 35.5 Å². The fraction of sp³-hybridized carbons (Fsp3) is 0.235. The van der Waals surface area contributed by atoms with E-state index in [0.717, 1.165) is 11.4 Å². The molecule has 24 heavy (non-hydrogen) atoms. The molecule has 0 spiro atoms. The van der Waals surface area contributed by atoms with Gasteiger partial charge in [-0.05, 0) is 25.1 Å². The van der Waals surface area contributed by atoms with E-state index in [2.05, 4.69) is 9.97 Å². The molecule has 1 amide bonds. The zero-order chi connectivity index (χ0) is 17.4. The molecule has 0 radical (unpaired) electrons. The van der Waals surface area contributed by atoms with Gasteiger partial charge in [0, 0.05) is 36.3 Å². The normalized spacial score (nSPS) is 11.0. The molecular weight excluding hydrogens is 328 g/mol. The van der Waals surface area contributed by atoms with Crippen LogP contribution >= 0.6 is 11.6 Å². The molecule has 0 aliphatic heterocycles. The van der Waals surface area contributed by atoms with Gasteiger partial charge in [-0.3, -0.25) is 9.59 Å². The highest BCUT2D eigenvalue weighted by Crippen LogP contribution is 2.28. The molecule has 0 atom stereocenters. The standard InChI is InChI=1S/C17H17ClN4O2/c1-10-15(20-9-19-10)8-22-5-4-13-14(17(22)24)6-12(18)7-16(13)21(3)11(2)23/h4-7,9H,8H2,1-3H3,(H,19,20). The van der Waals surface area contributed by atoms with Crippen molar-refractivity contribution in [2.75, 3.05) is 11.9 Å². The lowest BCUT2D eigenvalue weighted by Crippen LogP contribution is -2.25. The molecule has 0 fully saturated rings. The van der Waals surface area contributed by atoms with Crippen LogP contribution in [0.25, 0.3) is 10.8 Å². The smallest absolute Gasteiger partial charge is 0.258 e. The van der Waals surface area contributed by atoms with Crippen molar-refractivity contribution in [1.82, 2.24) is 14.5 Å². The first-order valence-corrected chi connectivity index (χ1v) is 7.82. The zero-order valence-corrected chi connectivity index (χ0v) is 14.4. The van der Waals surface area contributed by atoms with E-state index in [1.54, 1.807) is 36.3 Å². The summed E-state index contributed by atoms with van der Waals surface area (Å²) in [5, 5.41) is 1.58. The van der Waals surface area contributed by atoms with Crippen molar-refractivity contribution in [2.45, 2.75) is 20.4 Å². The number of fused-ring (bicyclic) bond motifs is 1. The highest BCUT2D eigenvalue weighted by atomic mass is 35.5. The molecule has 0 aliphatic carbocycles. The second kappa shape index (κ2) is 6.13. The predicted octanol–water partition coefficient (Wildman–Crippen LogP) is 2.72. The first-order chi connectivity index (χ1) is 11.4. The summed E-state index contributed by atoms with van der Waals surface area (Å²) in [6.07, 6.45) is 3.32. The van der Waals surface area contributed by atoms with Gasteiger partial charge in [-0.1, -0.05) is 11.6 Å². The molecule has 0 saturated carbocycles. The molecule has 0 unspecified atom stereocenters. The largest absolute Gasteiger partial charge is 0.348 e. The number of aromatic amines is 1. The number of rotatable bonds is 3. The molecule has 2 heterocycles. The lowest BCUT2D eigenvalue weighted by molar-refractivity contribution is -0.116. The number of halogens is 1. The third-order valence-corrected chi connectivity index (χ3v) is 4.34. The molecule has 1 aromatic carbocycles. The van der Waals surface area contributed by atoms with E-state index in [9.17, 15) is 9.59 Å². The molecule has 3 aromatic rings. The van der Waals surface area contributed by atoms with Crippen molar-refractivity contribution in [3.05, 3.63) is 57.5 Å². The minimum Gasteiger partial charge on any atom is -0.348 e. The van der Waals surface area contributed by atoms with E-state index < -0.39 is 0 Å². The van der Waals surface area contributed by atoms with Crippen molar-refractivity contribution >= 4 is 34.0 Å². The van der Waals surface area contributed by atoms with Gasteiger partial charge in [-0.2, -0.15) is 0 Å². The van der Waals surface area contributed by atoms with E-state index in [1.807, 2.05) is 13.0 Å². The number of nitrogens with one attached hydrogen (secondary N) is 1. The number of hydrogen-bond donors (Lipinski definition) is 1. The van der Waals surface area contributed by atoms with Crippen molar-refractivity contribution < 1.29 is 4.79 Å². The van der Waals surface area contributed by atoms with Gasteiger partial charge in [0.1, 0.15) is 0 Å². The Kier molecular flexibility index (Phi) is 4.15. The van der Waals surface area contributed by atoms with E-state index in [-0.39, 0.29) is 11.5 Å². The van der Waals surface area contributed by atoms with Gasteiger partial charge in [0.25, 0.3) is 5.56 Å². The summed E-state index contributed by atoms with van der Waals surface area (Å²) < 4.78 is 1.58. The van der Waals surface area contributed by atoms with Gasteiger partial charge in [0.15, 0.2) is 0 Å². The molecule has 2 aromatic heterocycles. The number of amides is 1. The molecule has 124 valence electrons. The van der Waals surface area contributed by atoms with Gasteiger partial charge in [0.05, 0.1) is 29.6 Å². The number of aryl methyl sites for hydroxylation is 1. The van der Waals surface area contributed by atoms with Gasteiger partial charge in [0.2, 0.25) is 5.91 Å². The summed E-state index contributed by atoms with van der Waals surface area (Å²) in [7, 11) is 1.66. The summed E-state index contributed by atoms with van der Waals surface area (Å²) in [6, 6.07) is 5.14. The maximum atomic E-state index is 12.8. The number of carbonyl (C=O) groups excluding carboxylic acids is 1. The third kappa shape index (κ3) is 2.80. The van der Waals surface area contributed by atoms with Crippen LogP contribution in [0.3, 0.4) is 0 Å². The third-order valence-electron chi connectivity index (χ3n) is 4.12. The first-order valence-electron chi connectivity index (χ1n) is 7.44. The number of imidazole rings is 1. The summed E-state index contributed by atoms with van der Waals surface area (Å²) in [4.78, 5) is 33.2. The molecular formula is C17H17ClN4O2. The summed E-state index contributed by atoms with van der Waals surface area (Å²) in [5.41, 5.74) is 2.17. The Labute approximate surface area is 143 Å². The Hall–Kier alpha value is -2.60. The van der Waals surface area contributed by atoms with E-state index >= 15 is 0 Å². The Balaban J connectivity index is 2.17. The monoisotopic (exact) mass is 344 g/mol. The average Bonchev–Trinajstić information content (AvgIpc) is 2.94.